The van der Waals surface area contributed by atoms with Gasteiger partial charge in [0.1, 0.15) is 5.82 Å². The molecule has 2 aromatic carbocycles. The molecule has 1 aromatic heterocycles. The molecule has 0 amide bonds. The maximum atomic E-state index is 13.0. The number of nitrogens with one attached hydrogen (secondary N) is 1. The number of benzene rings is 2. The minimum absolute atomic E-state index is 0.181. The lowest BCUT2D eigenvalue weighted by atomic mass is 10.1. The van der Waals surface area contributed by atoms with Crippen molar-refractivity contribution in [3.8, 4) is 11.8 Å². The minimum Gasteiger partial charge on any atom is -0.313 e. The van der Waals surface area contributed by atoms with Crippen LogP contribution in [0.15, 0.2) is 53.6 Å². The van der Waals surface area contributed by atoms with Crippen LogP contribution in [0.5, 0.6) is 0 Å². The van der Waals surface area contributed by atoms with Gasteiger partial charge in [-0.05, 0) is 36.4 Å². The Morgan fingerprint density at radius 2 is 1.85 bits per heavy atom. The summed E-state index contributed by atoms with van der Waals surface area (Å²) in [5.74, 6) is 5.49. The van der Waals surface area contributed by atoms with Crippen molar-refractivity contribution in [2.75, 3.05) is 0 Å². The molecule has 1 heterocycles. The van der Waals surface area contributed by atoms with Gasteiger partial charge in [0, 0.05) is 11.1 Å². The Morgan fingerprint density at radius 3 is 2.65 bits per heavy atom. The third-order valence-corrected chi connectivity index (χ3v) is 2.82. The van der Waals surface area contributed by atoms with Crippen molar-refractivity contribution in [3.05, 3.63) is 76.1 Å². The summed E-state index contributed by atoms with van der Waals surface area (Å²) in [5, 5.41) is 0.517. The summed E-state index contributed by atoms with van der Waals surface area (Å²) in [5.41, 5.74) is 1.73. The van der Waals surface area contributed by atoms with E-state index in [9.17, 15) is 9.18 Å². The van der Waals surface area contributed by atoms with Gasteiger partial charge in [0.2, 0.25) is 0 Å². The third kappa shape index (κ3) is 2.43. The van der Waals surface area contributed by atoms with Gasteiger partial charge in [-0.2, -0.15) is 0 Å². The first-order valence-corrected chi connectivity index (χ1v) is 5.97. The van der Waals surface area contributed by atoms with E-state index in [1.807, 2.05) is 0 Å². The van der Waals surface area contributed by atoms with Crippen LogP contribution in [0.25, 0.3) is 10.9 Å². The lowest BCUT2D eigenvalue weighted by Crippen LogP contribution is -2.05. The number of nitrogens with zero attached hydrogens (tertiary/aromatic N) is 1. The summed E-state index contributed by atoms with van der Waals surface area (Å²) < 4.78 is 13.0. The van der Waals surface area contributed by atoms with Crippen LogP contribution in [0.2, 0.25) is 0 Å². The number of aromatic amines is 1. The number of aromatic nitrogens is 2. The number of rotatable bonds is 0. The summed E-state index contributed by atoms with van der Waals surface area (Å²) >= 11 is 0. The monoisotopic (exact) mass is 264 g/mol. The van der Waals surface area contributed by atoms with Crippen LogP contribution in [0.3, 0.4) is 0 Å². The van der Waals surface area contributed by atoms with Gasteiger partial charge in [0.15, 0.2) is 0 Å². The van der Waals surface area contributed by atoms with Crippen molar-refractivity contribution < 1.29 is 4.39 Å². The summed E-state index contributed by atoms with van der Waals surface area (Å²) in [7, 11) is 0. The molecule has 0 saturated carbocycles. The van der Waals surface area contributed by atoms with Gasteiger partial charge in [-0.3, -0.25) is 4.79 Å². The van der Waals surface area contributed by atoms with Gasteiger partial charge in [-0.1, -0.05) is 17.9 Å². The molecule has 20 heavy (non-hydrogen) atoms. The summed E-state index contributed by atoms with van der Waals surface area (Å²) in [6, 6.07) is 11.2. The van der Waals surface area contributed by atoms with E-state index in [0.29, 0.717) is 16.5 Å². The molecule has 0 unspecified atom stereocenters. The highest BCUT2D eigenvalue weighted by Gasteiger charge is 1.99. The van der Waals surface area contributed by atoms with Crippen LogP contribution in [-0.2, 0) is 0 Å². The average Bonchev–Trinajstić information content (AvgIpc) is 2.45. The van der Waals surface area contributed by atoms with Crippen molar-refractivity contribution in [2.45, 2.75) is 0 Å². The van der Waals surface area contributed by atoms with E-state index in [4.69, 9.17) is 0 Å². The van der Waals surface area contributed by atoms with Gasteiger partial charge in [-0.25, -0.2) is 9.37 Å². The summed E-state index contributed by atoms with van der Waals surface area (Å²) in [6.45, 7) is 0. The molecule has 3 aromatic rings. The molecule has 0 saturated heterocycles. The van der Waals surface area contributed by atoms with Crippen LogP contribution < -0.4 is 5.56 Å². The Kier molecular flexibility index (Phi) is 3.02. The van der Waals surface area contributed by atoms with Crippen LogP contribution in [-0.4, -0.2) is 9.97 Å². The normalized spacial score (nSPS) is 10.1. The Bertz CT molecular complexity index is 903. The lowest BCUT2D eigenvalue weighted by molar-refractivity contribution is 0.627. The molecule has 3 rings (SSSR count). The fourth-order valence-corrected chi connectivity index (χ4v) is 1.86. The number of hydrogen-bond donors (Lipinski definition) is 1. The molecule has 3 nitrogen and oxygen atoms in total. The zero-order valence-corrected chi connectivity index (χ0v) is 10.4. The SMILES string of the molecule is O=c1[nH]cnc2cc(C#Cc3cccc(F)c3)ccc12. The van der Waals surface area contributed by atoms with Crippen LogP contribution in [0.4, 0.5) is 4.39 Å². The molecule has 1 N–H and O–H groups in total. The predicted molar refractivity (Wildman–Crippen MR) is 74.7 cm³/mol. The number of H-pyrrole nitrogens is 1. The second-order valence-corrected chi connectivity index (χ2v) is 4.22. The third-order valence-electron chi connectivity index (χ3n) is 2.82. The molecule has 0 aliphatic rings. The van der Waals surface area contributed by atoms with E-state index in [1.54, 1.807) is 30.3 Å². The first kappa shape index (κ1) is 12.1. The fraction of sp³-hybridized carbons (Fsp3) is 0. The standard InChI is InChI=1S/C16H9FN2O/c17-13-3-1-2-11(8-13)4-5-12-6-7-14-15(9-12)18-10-19-16(14)20/h1-3,6-10H,(H,18,19,20). The fourth-order valence-electron chi connectivity index (χ4n) is 1.86. The molecule has 0 fully saturated rings. The first-order valence-electron chi connectivity index (χ1n) is 5.97. The van der Waals surface area contributed by atoms with Gasteiger partial charge in [0.25, 0.3) is 5.56 Å². The number of fused-ring (bicyclic) bond motifs is 1. The van der Waals surface area contributed by atoms with Crippen molar-refractivity contribution in [1.82, 2.24) is 9.97 Å². The van der Waals surface area contributed by atoms with Crippen molar-refractivity contribution >= 4 is 10.9 Å². The maximum Gasteiger partial charge on any atom is 0.258 e. The lowest BCUT2D eigenvalue weighted by Gasteiger charge is -1.96. The van der Waals surface area contributed by atoms with E-state index in [2.05, 4.69) is 21.8 Å². The van der Waals surface area contributed by atoms with Crippen LogP contribution >= 0.6 is 0 Å². The number of hydrogen-bond acceptors (Lipinski definition) is 2. The highest BCUT2D eigenvalue weighted by Crippen LogP contribution is 2.09. The van der Waals surface area contributed by atoms with E-state index in [1.165, 1.54) is 18.5 Å². The van der Waals surface area contributed by atoms with Crippen LogP contribution in [0.1, 0.15) is 11.1 Å². The largest absolute Gasteiger partial charge is 0.313 e. The minimum atomic E-state index is -0.316. The van der Waals surface area contributed by atoms with Crippen LogP contribution in [0, 0.1) is 17.7 Å². The molecule has 0 radical (unpaired) electrons. The highest BCUT2D eigenvalue weighted by molar-refractivity contribution is 5.78. The Labute approximate surface area is 114 Å². The van der Waals surface area contributed by atoms with Crippen molar-refractivity contribution in [1.29, 1.82) is 0 Å². The highest BCUT2D eigenvalue weighted by atomic mass is 19.1. The summed E-state index contributed by atoms with van der Waals surface area (Å²) in [4.78, 5) is 18.1. The molecule has 4 heteroatoms. The predicted octanol–water partition coefficient (Wildman–Crippen LogP) is 2.46. The molecule has 0 bridgehead atoms. The zero-order valence-electron chi connectivity index (χ0n) is 10.4. The Balaban J connectivity index is 2.02. The topological polar surface area (TPSA) is 45.8 Å². The first-order chi connectivity index (χ1) is 9.72. The zero-order chi connectivity index (χ0) is 13.9. The molecule has 0 atom stereocenters. The molecule has 0 spiro atoms. The average molecular weight is 264 g/mol. The van der Waals surface area contributed by atoms with Crippen molar-refractivity contribution in [2.24, 2.45) is 0 Å². The number of halogens is 1. The van der Waals surface area contributed by atoms with E-state index in [-0.39, 0.29) is 11.4 Å². The van der Waals surface area contributed by atoms with Crippen molar-refractivity contribution in [3.63, 3.8) is 0 Å². The molecule has 0 aliphatic heterocycles. The smallest absolute Gasteiger partial charge is 0.258 e. The van der Waals surface area contributed by atoms with E-state index >= 15 is 0 Å². The maximum absolute atomic E-state index is 13.0. The van der Waals surface area contributed by atoms with E-state index < -0.39 is 0 Å². The Hall–Kier alpha value is -2.93. The molecular weight excluding hydrogens is 255 g/mol. The molecular formula is C16H9FN2O. The van der Waals surface area contributed by atoms with E-state index in [0.717, 1.165) is 5.56 Å². The summed E-state index contributed by atoms with van der Waals surface area (Å²) in [6.07, 6.45) is 1.36. The van der Waals surface area contributed by atoms with Gasteiger partial charge in [0.05, 0.1) is 17.2 Å². The second kappa shape index (κ2) is 4.98. The van der Waals surface area contributed by atoms with Gasteiger partial charge < -0.3 is 4.98 Å². The molecule has 0 aliphatic carbocycles. The molecule has 96 valence electrons. The second-order valence-electron chi connectivity index (χ2n) is 4.22. The quantitative estimate of drug-likeness (QED) is 0.634. The van der Waals surface area contributed by atoms with Gasteiger partial charge >= 0.3 is 0 Å². The Morgan fingerprint density at radius 1 is 1.05 bits per heavy atom. The van der Waals surface area contributed by atoms with Gasteiger partial charge in [-0.15, -0.1) is 0 Å².